The third-order valence-corrected chi connectivity index (χ3v) is 6.12. The van der Waals surface area contributed by atoms with Crippen molar-refractivity contribution in [3.63, 3.8) is 0 Å². The molecule has 4 rings (SSSR count). The second-order valence-electron chi connectivity index (χ2n) is 6.92. The average molecular weight is 454 g/mol. The Balaban J connectivity index is 1.45. The van der Waals surface area contributed by atoms with E-state index in [0.717, 1.165) is 0 Å². The van der Waals surface area contributed by atoms with Crippen molar-refractivity contribution in [2.45, 2.75) is 18.0 Å². The van der Waals surface area contributed by atoms with Crippen molar-refractivity contribution >= 4 is 38.2 Å². The number of anilines is 1. The van der Waals surface area contributed by atoms with Gasteiger partial charge in [0, 0.05) is 34.9 Å². The molecule has 10 nitrogen and oxygen atoms in total. The molecule has 2 N–H and O–H groups in total. The summed E-state index contributed by atoms with van der Waals surface area (Å²) >= 11 is 0. The lowest BCUT2D eigenvalue weighted by molar-refractivity contribution is -0.384. The van der Waals surface area contributed by atoms with Crippen LogP contribution in [0.25, 0.3) is 10.9 Å². The van der Waals surface area contributed by atoms with Gasteiger partial charge in [-0.3, -0.25) is 14.9 Å². The van der Waals surface area contributed by atoms with Crippen LogP contribution in [-0.4, -0.2) is 23.8 Å². The maximum absolute atomic E-state index is 12.5. The fourth-order valence-electron chi connectivity index (χ4n) is 3.20. The molecule has 1 amide bonds. The molecule has 2 heterocycles. The van der Waals surface area contributed by atoms with Crippen molar-refractivity contribution in [3.05, 3.63) is 89.0 Å². The van der Waals surface area contributed by atoms with E-state index >= 15 is 0 Å². The molecule has 0 bridgehead atoms. The van der Waals surface area contributed by atoms with Crippen LogP contribution < -0.4 is 10.0 Å². The van der Waals surface area contributed by atoms with Gasteiger partial charge in [-0.1, -0.05) is 6.07 Å². The average Bonchev–Trinajstić information content (AvgIpc) is 3.42. The first-order valence-corrected chi connectivity index (χ1v) is 11.0. The number of rotatable bonds is 8. The van der Waals surface area contributed by atoms with Crippen molar-refractivity contribution in [3.8, 4) is 0 Å². The van der Waals surface area contributed by atoms with E-state index in [-0.39, 0.29) is 29.6 Å². The standard InChI is InChI=1S/C21H18N4O6S/c26-21(14-24-9-8-15-11-17(25(27)28)6-7-20(15)24)23-16-3-1-5-19(12-16)32(29,30)22-13-18-4-2-10-31-18/h1-12,22H,13-14H2,(H,23,26). The molecule has 0 spiro atoms. The summed E-state index contributed by atoms with van der Waals surface area (Å²) < 4.78 is 34.3. The normalized spacial score (nSPS) is 11.5. The molecule has 0 unspecified atom stereocenters. The fourth-order valence-corrected chi connectivity index (χ4v) is 4.24. The number of benzene rings is 2. The lowest BCUT2D eigenvalue weighted by atomic mass is 10.2. The smallest absolute Gasteiger partial charge is 0.270 e. The lowest BCUT2D eigenvalue weighted by Gasteiger charge is -2.10. The van der Waals surface area contributed by atoms with E-state index in [1.54, 1.807) is 41.1 Å². The molecule has 164 valence electrons. The molecular weight excluding hydrogens is 436 g/mol. The molecule has 0 saturated carbocycles. The SMILES string of the molecule is O=C(Cn1ccc2cc([N+](=O)[O-])ccc21)Nc1cccc(S(=O)(=O)NCc2ccco2)c1. The zero-order valence-electron chi connectivity index (χ0n) is 16.6. The molecule has 32 heavy (non-hydrogen) atoms. The summed E-state index contributed by atoms with van der Waals surface area (Å²) in [7, 11) is -3.81. The highest BCUT2D eigenvalue weighted by atomic mass is 32.2. The second-order valence-corrected chi connectivity index (χ2v) is 8.69. The van der Waals surface area contributed by atoms with E-state index in [4.69, 9.17) is 4.42 Å². The number of nitrogens with one attached hydrogen (secondary N) is 2. The van der Waals surface area contributed by atoms with Crippen molar-refractivity contribution < 1.29 is 22.6 Å². The van der Waals surface area contributed by atoms with Gasteiger partial charge in [0.25, 0.3) is 5.69 Å². The minimum absolute atomic E-state index is 0.000537. The number of sulfonamides is 1. The van der Waals surface area contributed by atoms with E-state index in [2.05, 4.69) is 10.0 Å². The number of hydrogen-bond donors (Lipinski definition) is 2. The Labute approximate surface area is 182 Å². The number of fused-ring (bicyclic) bond motifs is 1. The molecule has 0 aliphatic rings. The first-order valence-electron chi connectivity index (χ1n) is 9.47. The maximum atomic E-state index is 12.5. The summed E-state index contributed by atoms with van der Waals surface area (Å²) in [4.78, 5) is 23.0. The molecule has 11 heteroatoms. The summed E-state index contributed by atoms with van der Waals surface area (Å²) in [5.74, 6) is 0.0984. The Kier molecular flexibility index (Phi) is 5.75. The number of nitro benzene ring substituents is 1. The number of amides is 1. The highest BCUT2D eigenvalue weighted by molar-refractivity contribution is 7.89. The molecule has 4 aromatic rings. The Morgan fingerprint density at radius 1 is 1.09 bits per heavy atom. The van der Waals surface area contributed by atoms with Gasteiger partial charge in [0.1, 0.15) is 12.3 Å². The van der Waals surface area contributed by atoms with Gasteiger partial charge in [0.2, 0.25) is 15.9 Å². The van der Waals surface area contributed by atoms with Gasteiger partial charge in [-0.05, 0) is 42.5 Å². The van der Waals surface area contributed by atoms with Gasteiger partial charge >= 0.3 is 0 Å². The number of furan rings is 1. The zero-order valence-corrected chi connectivity index (χ0v) is 17.4. The summed E-state index contributed by atoms with van der Waals surface area (Å²) in [5, 5.41) is 14.2. The lowest BCUT2D eigenvalue weighted by Crippen LogP contribution is -2.23. The van der Waals surface area contributed by atoms with E-state index in [1.165, 1.54) is 36.6 Å². The van der Waals surface area contributed by atoms with Crippen LogP contribution in [0.5, 0.6) is 0 Å². The molecule has 2 aromatic heterocycles. The van der Waals surface area contributed by atoms with E-state index < -0.39 is 14.9 Å². The van der Waals surface area contributed by atoms with Crippen LogP contribution in [0.4, 0.5) is 11.4 Å². The first-order chi connectivity index (χ1) is 15.3. The zero-order chi connectivity index (χ0) is 22.7. The summed E-state index contributed by atoms with van der Waals surface area (Å²) in [6, 6.07) is 15.3. The summed E-state index contributed by atoms with van der Waals surface area (Å²) in [6.45, 7) is -0.0418. The van der Waals surface area contributed by atoms with Crippen LogP contribution >= 0.6 is 0 Å². The van der Waals surface area contributed by atoms with Crippen LogP contribution in [0.2, 0.25) is 0 Å². The fraction of sp³-hybridized carbons (Fsp3) is 0.0952. The molecule has 2 aromatic carbocycles. The van der Waals surface area contributed by atoms with E-state index in [0.29, 0.717) is 22.4 Å². The molecule has 0 saturated heterocycles. The van der Waals surface area contributed by atoms with E-state index in [1.807, 2.05) is 0 Å². The van der Waals surface area contributed by atoms with Crippen LogP contribution in [0, 0.1) is 10.1 Å². The number of aromatic nitrogens is 1. The molecule has 0 radical (unpaired) electrons. The van der Waals surface area contributed by atoms with Crippen LogP contribution in [0.3, 0.4) is 0 Å². The van der Waals surface area contributed by atoms with Crippen molar-refractivity contribution in [1.29, 1.82) is 0 Å². The number of carbonyl (C=O) groups excluding carboxylic acids is 1. The summed E-state index contributed by atoms with van der Waals surface area (Å²) in [6.07, 6.45) is 3.11. The highest BCUT2D eigenvalue weighted by Gasteiger charge is 2.16. The Morgan fingerprint density at radius 3 is 2.69 bits per heavy atom. The molecule has 0 aliphatic carbocycles. The minimum atomic E-state index is -3.81. The predicted molar refractivity (Wildman–Crippen MR) is 116 cm³/mol. The minimum Gasteiger partial charge on any atom is -0.468 e. The third-order valence-electron chi connectivity index (χ3n) is 4.72. The second kappa shape index (κ2) is 8.65. The van der Waals surface area contributed by atoms with E-state index in [9.17, 15) is 23.3 Å². The van der Waals surface area contributed by atoms with Crippen molar-refractivity contribution in [1.82, 2.24) is 9.29 Å². The van der Waals surface area contributed by atoms with Gasteiger partial charge in [-0.25, -0.2) is 13.1 Å². The first kappa shape index (κ1) is 21.3. The number of nitro groups is 1. The molecule has 0 fully saturated rings. The highest BCUT2D eigenvalue weighted by Crippen LogP contribution is 2.22. The quantitative estimate of drug-likeness (QED) is 0.310. The Morgan fingerprint density at radius 2 is 1.94 bits per heavy atom. The molecule has 0 aliphatic heterocycles. The maximum Gasteiger partial charge on any atom is 0.270 e. The topological polar surface area (TPSA) is 136 Å². The largest absolute Gasteiger partial charge is 0.468 e. The number of carbonyl (C=O) groups is 1. The summed E-state index contributed by atoms with van der Waals surface area (Å²) in [5.41, 5.74) is 0.963. The monoisotopic (exact) mass is 454 g/mol. The molecular formula is C21H18N4O6S. The van der Waals surface area contributed by atoms with Gasteiger partial charge in [0.15, 0.2) is 0 Å². The van der Waals surface area contributed by atoms with Gasteiger partial charge in [0.05, 0.1) is 22.6 Å². The van der Waals surface area contributed by atoms with Crippen LogP contribution in [-0.2, 0) is 27.9 Å². The number of non-ortho nitro benzene ring substituents is 1. The van der Waals surface area contributed by atoms with Gasteiger partial charge in [-0.2, -0.15) is 0 Å². The van der Waals surface area contributed by atoms with Crippen LogP contribution in [0.15, 0.2) is 82.4 Å². The number of hydrogen-bond acceptors (Lipinski definition) is 6. The van der Waals surface area contributed by atoms with Gasteiger partial charge in [-0.15, -0.1) is 0 Å². The van der Waals surface area contributed by atoms with Crippen molar-refractivity contribution in [2.24, 2.45) is 0 Å². The van der Waals surface area contributed by atoms with Crippen LogP contribution in [0.1, 0.15) is 5.76 Å². The molecule has 0 atom stereocenters. The Bertz CT molecular complexity index is 1390. The van der Waals surface area contributed by atoms with Crippen molar-refractivity contribution in [2.75, 3.05) is 5.32 Å². The Hall–Kier alpha value is -3.96. The van der Waals surface area contributed by atoms with Gasteiger partial charge < -0.3 is 14.3 Å². The number of nitrogens with zero attached hydrogens (tertiary/aromatic N) is 2. The third kappa shape index (κ3) is 4.68. The predicted octanol–water partition coefficient (Wildman–Crippen LogP) is 3.26.